The number of ether oxygens (including phenoxy) is 3. The Bertz CT molecular complexity index is 747. The summed E-state index contributed by atoms with van der Waals surface area (Å²) in [6.45, 7) is 3.44. The quantitative estimate of drug-likeness (QED) is 0.540. The van der Waals surface area contributed by atoms with Gasteiger partial charge < -0.3 is 24.4 Å². The van der Waals surface area contributed by atoms with Crippen molar-refractivity contribution in [2.45, 2.75) is 12.8 Å². The van der Waals surface area contributed by atoms with Crippen molar-refractivity contribution in [2.75, 3.05) is 39.6 Å². The van der Waals surface area contributed by atoms with E-state index in [0.29, 0.717) is 55.5 Å². The van der Waals surface area contributed by atoms with E-state index in [2.05, 4.69) is 0 Å². The van der Waals surface area contributed by atoms with E-state index in [0.717, 1.165) is 0 Å². The van der Waals surface area contributed by atoms with E-state index in [1.807, 2.05) is 0 Å². The molecule has 28 heavy (non-hydrogen) atoms. The van der Waals surface area contributed by atoms with E-state index in [4.69, 9.17) is 24.4 Å². The summed E-state index contributed by atoms with van der Waals surface area (Å²) in [5, 5.41) is 17.6. The number of aliphatic hydroxyl groups excluding tert-OH is 1. The van der Waals surface area contributed by atoms with Gasteiger partial charge in [-0.3, -0.25) is 4.79 Å². The molecule has 0 fully saturated rings. The summed E-state index contributed by atoms with van der Waals surface area (Å²) in [7, 11) is 0. The third-order valence-electron chi connectivity index (χ3n) is 4.13. The summed E-state index contributed by atoms with van der Waals surface area (Å²) in [6, 6.07) is 11.5. The number of halogens is 1. The van der Waals surface area contributed by atoms with Crippen LogP contribution in [-0.4, -0.2) is 55.8 Å². The first-order chi connectivity index (χ1) is 13.5. The molecule has 2 aromatic carbocycles. The molecule has 2 N–H and O–H groups in total. The first-order valence-corrected chi connectivity index (χ1v) is 9.04. The lowest BCUT2D eigenvalue weighted by Crippen LogP contribution is -2.11. The highest BCUT2D eigenvalue weighted by Gasteiger charge is 2.16. The molecule has 1 atom stereocenters. The van der Waals surface area contributed by atoms with Gasteiger partial charge in [0.2, 0.25) is 0 Å². The van der Waals surface area contributed by atoms with E-state index in [9.17, 15) is 9.18 Å². The van der Waals surface area contributed by atoms with Gasteiger partial charge in [-0.05, 0) is 36.2 Å². The van der Waals surface area contributed by atoms with Crippen LogP contribution in [-0.2, 0) is 14.3 Å². The number of rotatable bonds is 12. The second-order valence-electron chi connectivity index (χ2n) is 6.12. The molecule has 0 heterocycles. The number of carboxylic acids is 1. The van der Waals surface area contributed by atoms with Gasteiger partial charge in [-0.2, -0.15) is 0 Å². The van der Waals surface area contributed by atoms with Crippen molar-refractivity contribution in [3.8, 4) is 16.9 Å². The topological polar surface area (TPSA) is 85.2 Å². The molecule has 0 aliphatic rings. The van der Waals surface area contributed by atoms with Crippen LogP contribution in [0, 0.1) is 5.82 Å². The monoisotopic (exact) mass is 392 g/mol. The lowest BCUT2D eigenvalue weighted by atomic mass is 9.97. The predicted octanol–water partition coefficient (Wildman–Crippen LogP) is 3.09. The average molecular weight is 392 g/mol. The molecule has 0 aromatic heterocycles. The summed E-state index contributed by atoms with van der Waals surface area (Å²) >= 11 is 0. The van der Waals surface area contributed by atoms with Gasteiger partial charge in [-0.25, -0.2) is 4.39 Å². The zero-order valence-corrected chi connectivity index (χ0v) is 15.8. The second-order valence-corrected chi connectivity index (χ2v) is 6.12. The molecule has 0 saturated carbocycles. The van der Waals surface area contributed by atoms with Crippen LogP contribution >= 0.6 is 0 Å². The minimum atomic E-state index is -0.990. The third-order valence-corrected chi connectivity index (χ3v) is 4.13. The van der Waals surface area contributed by atoms with E-state index in [1.54, 1.807) is 36.4 Å². The maximum Gasteiger partial charge on any atom is 0.310 e. The zero-order valence-electron chi connectivity index (χ0n) is 15.8. The maximum atomic E-state index is 14.4. The summed E-state index contributed by atoms with van der Waals surface area (Å²) in [5.41, 5.74) is 1.51. The van der Waals surface area contributed by atoms with Crippen molar-refractivity contribution in [1.82, 2.24) is 0 Å². The fourth-order valence-electron chi connectivity index (χ4n) is 2.51. The molecule has 2 rings (SSSR count). The highest BCUT2D eigenvalue weighted by Crippen LogP contribution is 2.28. The van der Waals surface area contributed by atoms with Crippen LogP contribution in [0.25, 0.3) is 11.1 Å². The molecule has 152 valence electrons. The Morgan fingerprint density at radius 2 is 1.64 bits per heavy atom. The van der Waals surface area contributed by atoms with Crippen molar-refractivity contribution in [2.24, 2.45) is 0 Å². The number of aliphatic carboxylic acids is 1. The lowest BCUT2D eigenvalue weighted by molar-refractivity contribution is -0.138. The van der Waals surface area contributed by atoms with Crippen LogP contribution in [0.3, 0.4) is 0 Å². The molecule has 0 bridgehead atoms. The predicted molar refractivity (Wildman–Crippen MR) is 102 cm³/mol. The van der Waals surface area contributed by atoms with Crippen LogP contribution in [0.1, 0.15) is 18.4 Å². The maximum absolute atomic E-state index is 14.4. The smallest absolute Gasteiger partial charge is 0.310 e. The standard InChI is InChI=1S/C21H25FO6/c1-15(21(24)25)17-4-7-19(20(22)14-17)16-2-5-18(6-3-16)28-13-12-27-11-10-26-9-8-23/h2-7,14-15,23H,8-13H2,1H3,(H,24,25)/t15-/m0/s1. The van der Waals surface area contributed by atoms with Gasteiger partial charge in [0.15, 0.2) is 0 Å². The fraction of sp³-hybridized carbons (Fsp3) is 0.381. The molecule has 6 nitrogen and oxygen atoms in total. The molecular weight excluding hydrogens is 367 g/mol. The van der Waals surface area contributed by atoms with Gasteiger partial charge in [0, 0.05) is 5.56 Å². The Kier molecular flexibility index (Phi) is 8.87. The van der Waals surface area contributed by atoms with Gasteiger partial charge in [0.05, 0.1) is 39.0 Å². The van der Waals surface area contributed by atoms with Crippen LogP contribution in [0.2, 0.25) is 0 Å². The van der Waals surface area contributed by atoms with Gasteiger partial charge in [0.25, 0.3) is 0 Å². The number of hydrogen-bond donors (Lipinski definition) is 2. The number of benzene rings is 2. The van der Waals surface area contributed by atoms with E-state index < -0.39 is 17.7 Å². The first kappa shape index (κ1) is 21.8. The molecule has 0 spiro atoms. The van der Waals surface area contributed by atoms with Crippen molar-refractivity contribution < 1.29 is 33.6 Å². The van der Waals surface area contributed by atoms with E-state index >= 15 is 0 Å². The Morgan fingerprint density at radius 3 is 2.25 bits per heavy atom. The van der Waals surface area contributed by atoms with E-state index in [1.165, 1.54) is 13.0 Å². The molecule has 0 saturated heterocycles. The SMILES string of the molecule is C[C@H](C(=O)O)c1ccc(-c2ccc(OCCOCCOCCO)cc2)c(F)c1. The van der Waals surface area contributed by atoms with Crippen LogP contribution in [0.15, 0.2) is 42.5 Å². The molecule has 0 aliphatic carbocycles. The molecule has 7 heteroatoms. The number of aliphatic hydroxyl groups is 1. The Hall–Kier alpha value is -2.48. The van der Waals surface area contributed by atoms with Crippen LogP contribution in [0.5, 0.6) is 5.75 Å². The lowest BCUT2D eigenvalue weighted by Gasteiger charge is -2.11. The van der Waals surface area contributed by atoms with Crippen molar-refractivity contribution in [1.29, 1.82) is 0 Å². The Labute approximate surface area is 163 Å². The van der Waals surface area contributed by atoms with Crippen molar-refractivity contribution >= 4 is 5.97 Å². The van der Waals surface area contributed by atoms with Crippen LogP contribution < -0.4 is 4.74 Å². The highest BCUT2D eigenvalue weighted by atomic mass is 19.1. The Morgan fingerprint density at radius 1 is 1.00 bits per heavy atom. The largest absolute Gasteiger partial charge is 0.491 e. The minimum absolute atomic E-state index is 0.00535. The van der Waals surface area contributed by atoms with Crippen LogP contribution in [0.4, 0.5) is 4.39 Å². The minimum Gasteiger partial charge on any atom is -0.491 e. The molecule has 0 amide bonds. The van der Waals surface area contributed by atoms with Gasteiger partial charge >= 0.3 is 5.97 Å². The van der Waals surface area contributed by atoms with Gasteiger partial charge in [-0.15, -0.1) is 0 Å². The average Bonchev–Trinajstić information content (AvgIpc) is 2.70. The van der Waals surface area contributed by atoms with Gasteiger partial charge in [-0.1, -0.05) is 24.3 Å². The Balaban J connectivity index is 1.84. The van der Waals surface area contributed by atoms with Gasteiger partial charge in [0.1, 0.15) is 18.2 Å². The fourth-order valence-corrected chi connectivity index (χ4v) is 2.51. The summed E-state index contributed by atoms with van der Waals surface area (Å²) in [4.78, 5) is 11.0. The number of hydrogen-bond acceptors (Lipinski definition) is 5. The molecule has 2 aromatic rings. The second kappa shape index (κ2) is 11.4. The van der Waals surface area contributed by atoms with Crippen molar-refractivity contribution in [3.63, 3.8) is 0 Å². The van der Waals surface area contributed by atoms with E-state index in [-0.39, 0.29) is 6.61 Å². The molecular formula is C21H25FO6. The summed E-state index contributed by atoms with van der Waals surface area (Å²) < 4.78 is 30.4. The highest BCUT2D eigenvalue weighted by molar-refractivity contribution is 5.76. The molecule has 0 unspecified atom stereocenters. The number of carboxylic acid groups (broad SMARTS) is 1. The summed E-state index contributed by atoms with van der Waals surface area (Å²) in [6.07, 6.45) is 0. The summed E-state index contributed by atoms with van der Waals surface area (Å²) in [5.74, 6) is -1.57. The third kappa shape index (κ3) is 6.60. The van der Waals surface area contributed by atoms with Crippen molar-refractivity contribution in [3.05, 3.63) is 53.8 Å². The zero-order chi connectivity index (χ0) is 20.4. The molecule has 0 radical (unpaired) electrons. The number of carbonyl (C=O) groups is 1. The normalized spacial score (nSPS) is 12.0. The first-order valence-electron chi connectivity index (χ1n) is 9.04. The molecule has 0 aliphatic heterocycles.